The van der Waals surface area contributed by atoms with Gasteiger partial charge in [0.25, 0.3) is 0 Å². The van der Waals surface area contributed by atoms with Crippen LogP contribution in [-0.2, 0) is 12.0 Å². The van der Waals surface area contributed by atoms with Crippen LogP contribution in [0.5, 0.6) is 11.5 Å². The van der Waals surface area contributed by atoms with Gasteiger partial charge in [0.2, 0.25) is 0 Å². The molecular weight excluding hydrogens is 418 g/mol. The number of hydrogen-bond acceptors (Lipinski definition) is 7. The second-order valence-electron chi connectivity index (χ2n) is 8.56. The molecule has 0 unspecified atom stereocenters. The van der Waals surface area contributed by atoms with E-state index >= 15 is 0 Å². The topological polar surface area (TPSA) is 63.9 Å². The lowest BCUT2D eigenvalue weighted by atomic mass is 9.95. The molecule has 7 nitrogen and oxygen atoms in total. The Kier molecular flexibility index (Phi) is 4.36. The minimum atomic E-state index is -3.59. The Hall–Kier alpha value is -3.20. The standard InChI is InChI=1S/C23H22F2N4O3/c24-23(25)30-18-7-6-16(14-19(18)31-23)15-28-10-12-29(13-11-28)21-26-20(27-32-21)22(8-9-22)17-4-2-1-3-5-17/h1-7,14H,8-13,15H2. The molecule has 32 heavy (non-hydrogen) atoms. The van der Waals surface area contributed by atoms with E-state index in [1.54, 1.807) is 12.1 Å². The predicted octanol–water partition coefficient (Wildman–Crippen LogP) is 3.79. The molecule has 1 saturated carbocycles. The maximum absolute atomic E-state index is 13.2. The van der Waals surface area contributed by atoms with Crippen molar-refractivity contribution >= 4 is 6.01 Å². The Morgan fingerprint density at radius 3 is 2.41 bits per heavy atom. The molecule has 166 valence electrons. The van der Waals surface area contributed by atoms with E-state index in [0.717, 1.165) is 50.4 Å². The molecule has 6 rings (SSSR count). The summed E-state index contributed by atoms with van der Waals surface area (Å²) < 4.78 is 41.1. The highest BCUT2D eigenvalue weighted by atomic mass is 19.3. The van der Waals surface area contributed by atoms with Crippen LogP contribution in [0.4, 0.5) is 14.8 Å². The van der Waals surface area contributed by atoms with E-state index in [0.29, 0.717) is 12.6 Å². The van der Waals surface area contributed by atoms with Gasteiger partial charge in [0, 0.05) is 32.7 Å². The molecule has 0 amide bonds. The summed E-state index contributed by atoms with van der Waals surface area (Å²) >= 11 is 0. The van der Waals surface area contributed by atoms with Crippen LogP contribution >= 0.6 is 0 Å². The van der Waals surface area contributed by atoms with Gasteiger partial charge in [-0.3, -0.25) is 4.90 Å². The molecule has 2 aliphatic heterocycles. The lowest BCUT2D eigenvalue weighted by molar-refractivity contribution is -0.286. The zero-order chi connectivity index (χ0) is 21.8. The average molecular weight is 440 g/mol. The highest BCUT2D eigenvalue weighted by Gasteiger charge is 2.50. The number of ether oxygens (including phenoxy) is 2. The molecule has 0 radical (unpaired) electrons. The minimum absolute atomic E-state index is 0.0692. The van der Waals surface area contributed by atoms with Gasteiger partial charge in [-0.05, 0) is 36.1 Å². The van der Waals surface area contributed by atoms with Gasteiger partial charge in [0.1, 0.15) is 0 Å². The van der Waals surface area contributed by atoms with Crippen molar-refractivity contribution in [1.82, 2.24) is 15.0 Å². The van der Waals surface area contributed by atoms with E-state index in [9.17, 15) is 8.78 Å². The fourth-order valence-corrected chi connectivity index (χ4v) is 4.51. The van der Waals surface area contributed by atoms with Gasteiger partial charge in [0.05, 0.1) is 5.41 Å². The molecule has 2 aromatic carbocycles. The zero-order valence-corrected chi connectivity index (χ0v) is 17.3. The number of alkyl halides is 2. The summed E-state index contributed by atoms with van der Waals surface area (Å²) in [4.78, 5) is 9.10. The van der Waals surface area contributed by atoms with Crippen molar-refractivity contribution in [3.8, 4) is 11.5 Å². The minimum Gasteiger partial charge on any atom is -0.395 e. The van der Waals surface area contributed by atoms with Crippen molar-refractivity contribution in [2.24, 2.45) is 0 Å². The first-order chi connectivity index (χ1) is 15.5. The highest BCUT2D eigenvalue weighted by molar-refractivity contribution is 5.45. The SMILES string of the molecule is FC1(F)Oc2ccc(CN3CCN(c4nc(C5(c6ccccc6)CC5)no4)CC3)cc2O1. The normalized spacial score (nSPS) is 21.0. The van der Waals surface area contributed by atoms with E-state index in [1.165, 1.54) is 11.6 Å². The number of halogens is 2. The van der Waals surface area contributed by atoms with Crippen LogP contribution in [-0.4, -0.2) is 47.5 Å². The molecule has 9 heteroatoms. The highest BCUT2D eigenvalue weighted by Crippen LogP contribution is 2.52. The van der Waals surface area contributed by atoms with Crippen molar-refractivity contribution in [3.05, 3.63) is 65.5 Å². The Labute approximate surface area is 183 Å². The van der Waals surface area contributed by atoms with Crippen molar-refractivity contribution in [3.63, 3.8) is 0 Å². The molecule has 0 atom stereocenters. The van der Waals surface area contributed by atoms with Gasteiger partial charge in [-0.1, -0.05) is 41.6 Å². The molecule has 0 spiro atoms. The Morgan fingerprint density at radius 2 is 1.66 bits per heavy atom. The molecule has 1 aliphatic carbocycles. The number of nitrogens with zero attached hydrogens (tertiary/aromatic N) is 4. The summed E-state index contributed by atoms with van der Waals surface area (Å²) in [7, 11) is 0. The van der Waals surface area contributed by atoms with Crippen molar-refractivity contribution in [1.29, 1.82) is 0 Å². The average Bonchev–Trinajstić information content (AvgIpc) is 3.34. The molecule has 0 N–H and O–H groups in total. The first-order valence-electron chi connectivity index (χ1n) is 10.8. The van der Waals surface area contributed by atoms with Gasteiger partial charge in [-0.15, -0.1) is 8.78 Å². The van der Waals surface area contributed by atoms with E-state index < -0.39 is 6.29 Å². The van der Waals surface area contributed by atoms with Crippen LogP contribution in [0.2, 0.25) is 0 Å². The molecule has 1 aromatic heterocycles. The first-order valence-corrected chi connectivity index (χ1v) is 10.8. The predicted molar refractivity (Wildman–Crippen MR) is 111 cm³/mol. The van der Waals surface area contributed by atoms with Gasteiger partial charge in [0.15, 0.2) is 17.3 Å². The fraction of sp³-hybridized carbons (Fsp3) is 0.391. The molecule has 0 bridgehead atoms. The maximum atomic E-state index is 13.2. The van der Waals surface area contributed by atoms with Crippen molar-refractivity contribution in [2.75, 3.05) is 31.1 Å². The van der Waals surface area contributed by atoms with Crippen LogP contribution in [0.15, 0.2) is 53.1 Å². The Bertz CT molecular complexity index is 1130. The number of hydrogen-bond donors (Lipinski definition) is 0. The number of aromatic nitrogens is 2. The van der Waals surface area contributed by atoms with E-state index in [4.69, 9.17) is 9.51 Å². The summed E-state index contributed by atoms with van der Waals surface area (Å²) in [5.74, 6) is 0.912. The summed E-state index contributed by atoms with van der Waals surface area (Å²) in [6.45, 7) is 3.74. The molecule has 2 fully saturated rings. The molecule has 3 aromatic rings. The number of anilines is 1. The zero-order valence-electron chi connectivity index (χ0n) is 17.3. The number of rotatable bonds is 5. The summed E-state index contributed by atoms with van der Waals surface area (Å²) in [6, 6.07) is 15.8. The quantitative estimate of drug-likeness (QED) is 0.598. The van der Waals surface area contributed by atoms with Gasteiger partial charge >= 0.3 is 12.3 Å². The third-order valence-electron chi connectivity index (χ3n) is 6.43. The molecule has 3 heterocycles. The van der Waals surface area contributed by atoms with Crippen molar-refractivity contribution in [2.45, 2.75) is 31.1 Å². The van der Waals surface area contributed by atoms with Crippen LogP contribution in [0.1, 0.15) is 29.8 Å². The third-order valence-corrected chi connectivity index (χ3v) is 6.43. The maximum Gasteiger partial charge on any atom is 0.586 e. The van der Waals surface area contributed by atoms with E-state index in [2.05, 4.69) is 36.6 Å². The smallest absolute Gasteiger partial charge is 0.395 e. The lowest BCUT2D eigenvalue weighted by Crippen LogP contribution is -2.46. The number of fused-ring (bicyclic) bond motifs is 1. The van der Waals surface area contributed by atoms with E-state index in [-0.39, 0.29) is 16.9 Å². The molecular formula is C23H22F2N4O3. The number of benzene rings is 2. The second-order valence-corrected chi connectivity index (χ2v) is 8.56. The van der Waals surface area contributed by atoms with Crippen LogP contribution in [0.25, 0.3) is 0 Å². The summed E-state index contributed by atoms with van der Waals surface area (Å²) in [6.07, 6.45) is -1.52. The number of piperazine rings is 1. The second kappa shape index (κ2) is 7.16. The fourth-order valence-electron chi connectivity index (χ4n) is 4.51. The monoisotopic (exact) mass is 440 g/mol. The molecule has 1 saturated heterocycles. The Morgan fingerprint density at radius 1 is 0.906 bits per heavy atom. The van der Waals surface area contributed by atoms with Gasteiger partial charge < -0.3 is 18.9 Å². The van der Waals surface area contributed by atoms with E-state index in [1.807, 2.05) is 18.2 Å². The summed E-state index contributed by atoms with van der Waals surface area (Å²) in [5, 5.41) is 4.31. The van der Waals surface area contributed by atoms with Crippen LogP contribution < -0.4 is 14.4 Å². The third kappa shape index (κ3) is 3.46. The summed E-state index contributed by atoms with van der Waals surface area (Å²) in [5.41, 5.74) is 2.02. The van der Waals surface area contributed by atoms with Crippen molar-refractivity contribution < 1.29 is 22.8 Å². The van der Waals surface area contributed by atoms with Crippen LogP contribution in [0.3, 0.4) is 0 Å². The van der Waals surface area contributed by atoms with Gasteiger partial charge in [-0.25, -0.2) is 0 Å². The van der Waals surface area contributed by atoms with Crippen LogP contribution in [0, 0.1) is 0 Å². The molecule has 3 aliphatic rings. The Balaban J connectivity index is 1.08. The first kappa shape index (κ1) is 19.5. The van der Waals surface area contributed by atoms with Gasteiger partial charge in [-0.2, -0.15) is 4.98 Å². The lowest BCUT2D eigenvalue weighted by Gasteiger charge is -2.33. The largest absolute Gasteiger partial charge is 0.586 e.